The van der Waals surface area contributed by atoms with Crippen LogP contribution in [0.4, 0.5) is 0 Å². The molecule has 1 saturated carbocycles. The number of nitriles is 1. The molecule has 68 valence electrons. The molecule has 0 saturated heterocycles. The number of oxazole rings is 1. The van der Waals surface area contributed by atoms with Crippen LogP contribution in [0.15, 0.2) is 22.6 Å². The average Bonchev–Trinajstić information content (AvgIpc) is 2.97. The SMILES string of the molecule is N#Cc1cccc2nc(C3CC3)oc12. The Morgan fingerprint density at radius 2 is 2.29 bits per heavy atom. The van der Waals surface area contributed by atoms with Gasteiger partial charge in [-0.15, -0.1) is 0 Å². The van der Waals surface area contributed by atoms with Crippen molar-refractivity contribution in [1.82, 2.24) is 4.98 Å². The third-order valence-corrected chi connectivity index (χ3v) is 2.48. The third-order valence-electron chi connectivity index (χ3n) is 2.48. The highest BCUT2D eigenvalue weighted by atomic mass is 16.3. The Balaban J connectivity index is 2.27. The zero-order chi connectivity index (χ0) is 9.54. The maximum Gasteiger partial charge on any atom is 0.198 e. The average molecular weight is 184 g/mol. The van der Waals surface area contributed by atoms with E-state index in [1.165, 1.54) is 0 Å². The predicted molar refractivity (Wildman–Crippen MR) is 50.7 cm³/mol. The van der Waals surface area contributed by atoms with E-state index >= 15 is 0 Å². The maximum atomic E-state index is 8.86. The van der Waals surface area contributed by atoms with Crippen molar-refractivity contribution in [3.63, 3.8) is 0 Å². The van der Waals surface area contributed by atoms with Gasteiger partial charge in [0.15, 0.2) is 11.5 Å². The lowest BCUT2D eigenvalue weighted by atomic mass is 10.2. The van der Waals surface area contributed by atoms with Crippen LogP contribution >= 0.6 is 0 Å². The van der Waals surface area contributed by atoms with Gasteiger partial charge in [-0.25, -0.2) is 4.98 Å². The molecule has 14 heavy (non-hydrogen) atoms. The van der Waals surface area contributed by atoms with Crippen molar-refractivity contribution >= 4 is 11.1 Å². The van der Waals surface area contributed by atoms with E-state index in [0.717, 1.165) is 24.2 Å². The van der Waals surface area contributed by atoms with Gasteiger partial charge in [-0.3, -0.25) is 0 Å². The largest absolute Gasteiger partial charge is 0.439 e. The molecule has 0 unspecified atom stereocenters. The lowest BCUT2D eigenvalue weighted by molar-refractivity contribution is 0.532. The molecule has 3 rings (SSSR count). The van der Waals surface area contributed by atoms with Crippen LogP contribution in [0, 0.1) is 11.3 Å². The molecule has 1 fully saturated rings. The number of hydrogen-bond donors (Lipinski definition) is 0. The number of para-hydroxylation sites is 1. The van der Waals surface area contributed by atoms with E-state index in [4.69, 9.17) is 9.68 Å². The number of hydrogen-bond acceptors (Lipinski definition) is 3. The Kier molecular flexibility index (Phi) is 1.40. The number of rotatable bonds is 1. The fourth-order valence-electron chi connectivity index (χ4n) is 1.56. The predicted octanol–water partition coefficient (Wildman–Crippen LogP) is 2.58. The second-order valence-electron chi connectivity index (χ2n) is 3.59. The van der Waals surface area contributed by atoms with Crippen molar-refractivity contribution in [2.24, 2.45) is 0 Å². The van der Waals surface area contributed by atoms with E-state index < -0.39 is 0 Å². The summed E-state index contributed by atoms with van der Waals surface area (Å²) >= 11 is 0. The highest BCUT2D eigenvalue weighted by Crippen LogP contribution is 2.40. The van der Waals surface area contributed by atoms with E-state index in [0.29, 0.717) is 17.1 Å². The summed E-state index contributed by atoms with van der Waals surface area (Å²) in [6.45, 7) is 0. The second kappa shape index (κ2) is 2.58. The van der Waals surface area contributed by atoms with Gasteiger partial charge in [0.25, 0.3) is 0 Å². The summed E-state index contributed by atoms with van der Waals surface area (Å²) in [6.07, 6.45) is 2.32. The number of aromatic nitrogens is 1. The fraction of sp³-hybridized carbons (Fsp3) is 0.273. The van der Waals surface area contributed by atoms with E-state index in [1.807, 2.05) is 12.1 Å². The standard InChI is InChI=1S/C11H8N2O/c12-6-8-2-1-3-9-10(8)14-11(13-9)7-4-5-7/h1-3,7H,4-5H2. The summed E-state index contributed by atoms with van der Waals surface area (Å²) in [5.41, 5.74) is 2.00. The Bertz CT molecular complexity index is 532. The first-order chi connectivity index (χ1) is 6.88. The summed E-state index contributed by atoms with van der Waals surface area (Å²) < 4.78 is 5.58. The fourth-order valence-corrected chi connectivity index (χ4v) is 1.56. The van der Waals surface area contributed by atoms with Gasteiger partial charge in [0.1, 0.15) is 11.6 Å². The smallest absolute Gasteiger partial charge is 0.198 e. The Hall–Kier alpha value is -1.82. The Morgan fingerprint density at radius 1 is 1.43 bits per heavy atom. The van der Waals surface area contributed by atoms with E-state index in [-0.39, 0.29) is 0 Å². The van der Waals surface area contributed by atoms with Crippen molar-refractivity contribution in [3.8, 4) is 6.07 Å². The normalized spacial score (nSPS) is 15.6. The second-order valence-corrected chi connectivity index (χ2v) is 3.59. The van der Waals surface area contributed by atoms with Crippen LogP contribution in [0.2, 0.25) is 0 Å². The first kappa shape index (κ1) is 7.57. The number of benzene rings is 1. The first-order valence-electron chi connectivity index (χ1n) is 4.68. The van der Waals surface area contributed by atoms with Crippen LogP contribution < -0.4 is 0 Å². The molecule has 0 radical (unpaired) electrons. The minimum absolute atomic E-state index is 0.494. The third kappa shape index (κ3) is 1.01. The quantitative estimate of drug-likeness (QED) is 0.684. The zero-order valence-corrected chi connectivity index (χ0v) is 7.53. The molecule has 0 bridgehead atoms. The van der Waals surface area contributed by atoms with Crippen LogP contribution in [0.5, 0.6) is 0 Å². The van der Waals surface area contributed by atoms with Crippen molar-refractivity contribution in [3.05, 3.63) is 29.7 Å². The summed E-state index contributed by atoms with van der Waals surface area (Å²) in [4.78, 5) is 4.37. The summed E-state index contributed by atoms with van der Waals surface area (Å²) in [5.74, 6) is 1.29. The van der Waals surface area contributed by atoms with Gasteiger partial charge >= 0.3 is 0 Å². The van der Waals surface area contributed by atoms with Gasteiger partial charge in [-0.1, -0.05) is 6.07 Å². The maximum absolute atomic E-state index is 8.86. The number of fused-ring (bicyclic) bond motifs is 1. The van der Waals surface area contributed by atoms with Gasteiger partial charge in [0, 0.05) is 5.92 Å². The van der Waals surface area contributed by atoms with Crippen molar-refractivity contribution in [1.29, 1.82) is 5.26 Å². The molecule has 1 aliphatic rings. The van der Waals surface area contributed by atoms with E-state index in [1.54, 1.807) is 6.07 Å². The molecule has 3 heteroatoms. The zero-order valence-electron chi connectivity index (χ0n) is 7.53. The van der Waals surface area contributed by atoms with Crippen LogP contribution in [-0.2, 0) is 0 Å². The molecular formula is C11H8N2O. The van der Waals surface area contributed by atoms with Crippen LogP contribution in [0.3, 0.4) is 0 Å². The molecule has 0 amide bonds. The molecule has 0 spiro atoms. The highest BCUT2D eigenvalue weighted by Gasteiger charge is 2.29. The molecule has 0 aliphatic heterocycles. The van der Waals surface area contributed by atoms with Crippen LogP contribution in [0.1, 0.15) is 30.2 Å². The Labute approximate surface area is 81.0 Å². The van der Waals surface area contributed by atoms with Crippen molar-refractivity contribution in [2.45, 2.75) is 18.8 Å². The molecular weight excluding hydrogens is 176 g/mol. The summed E-state index contributed by atoms with van der Waals surface area (Å²) in [5, 5.41) is 8.86. The van der Waals surface area contributed by atoms with Crippen molar-refractivity contribution < 1.29 is 4.42 Å². The number of nitrogens with zero attached hydrogens (tertiary/aromatic N) is 2. The van der Waals surface area contributed by atoms with Gasteiger partial charge < -0.3 is 4.42 Å². The Morgan fingerprint density at radius 3 is 3.00 bits per heavy atom. The van der Waals surface area contributed by atoms with Gasteiger partial charge in [-0.05, 0) is 25.0 Å². The minimum Gasteiger partial charge on any atom is -0.439 e. The van der Waals surface area contributed by atoms with Gasteiger partial charge in [-0.2, -0.15) is 5.26 Å². The summed E-state index contributed by atoms with van der Waals surface area (Å²) in [7, 11) is 0. The van der Waals surface area contributed by atoms with Gasteiger partial charge in [0.2, 0.25) is 0 Å². The topological polar surface area (TPSA) is 49.8 Å². The molecule has 0 N–H and O–H groups in total. The summed E-state index contributed by atoms with van der Waals surface area (Å²) in [6, 6.07) is 7.58. The van der Waals surface area contributed by atoms with Crippen LogP contribution in [0.25, 0.3) is 11.1 Å². The van der Waals surface area contributed by atoms with Crippen LogP contribution in [-0.4, -0.2) is 4.98 Å². The lowest BCUT2D eigenvalue weighted by Gasteiger charge is -1.87. The van der Waals surface area contributed by atoms with E-state index in [9.17, 15) is 0 Å². The first-order valence-corrected chi connectivity index (χ1v) is 4.68. The molecule has 1 aromatic heterocycles. The van der Waals surface area contributed by atoms with E-state index in [2.05, 4.69) is 11.1 Å². The highest BCUT2D eigenvalue weighted by molar-refractivity contribution is 5.79. The van der Waals surface area contributed by atoms with Crippen molar-refractivity contribution in [2.75, 3.05) is 0 Å². The molecule has 0 atom stereocenters. The minimum atomic E-state index is 0.494. The van der Waals surface area contributed by atoms with Gasteiger partial charge in [0.05, 0.1) is 5.56 Å². The monoisotopic (exact) mass is 184 g/mol. The lowest BCUT2D eigenvalue weighted by Crippen LogP contribution is -1.75. The molecule has 1 heterocycles. The molecule has 2 aromatic rings. The molecule has 1 aromatic carbocycles. The molecule has 3 nitrogen and oxygen atoms in total. The molecule has 1 aliphatic carbocycles.